The van der Waals surface area contributed by atoms with Gasteiger partial charge in [0.1, 0.15) is 0 Å². The molecule has 0 aliphatic carbocycles. The van der Waals surface area contributed by atoms with Crippen LogP contribution in [0, 0.1) is 11.8 Å². The fourth-order valence-corrected chi connectivity index (χ4v) is 1.81. The summed E-state index contributed by atoms with van der Waals surface area (Å²) in [7, 11) is 3.68. The van der Waals surface area contributed by atoms with E-state index in [9.17, 15) is 0 Å². The third kappa shape index (κ3) is 9.02. The second-order valence-corrected chi connectivity index (χ2v) is 5.86. The van der Waals surface area contributed by atoms with E-state index in [4.69, 9.17) is 17.0 Å². The molecule has 2 nitrogen and oxygen atoms in total. The van der Waals surface area contributed by atoms with Crippen LogP contribution in [-0.4, -0.2) is 36.2 Å². The van der Waals surface area contributed by atoms with Crippen LogP contribution < -0.4 is 0 Å². The van der Waals surface area contributed by atoms with E-state index in [0.717, 1.165) is 6.54 Å². The minimum atomic E-state index is -0.161. The number of hydrogen-bond donors (Lipinski definition) is 0. The zero-order valence-electron chi connectivity index (χ0n) is 13.2. The Balaban J connectivity index is 3.99. The summed E-state index contributed by atoms with van der Waals surface area (Å²) in [5, 5.41) is 0.362. The molecule has 0 bridgehead atoms. The van der Waals surface area contributed by atoms with Crippen LogP contribution in [0.25, 0.3) is 0 Å². The Kier molecular flexibility index (Phi) is 9.91. The first-order chi connectivity index (χ1) is 8.94. The van der Waals surface area contributed by atoms with Gasteiger partial charge in [-0.1, -0.05) is 44.9 Å². The van der Waals surface area contributed by atoms with Gasteiger partial charge in [-0.05, 0) is 52.0 Å². The molecular weight excluding hydrogens is 254 g/mol. The Labute approximate surface area is 124 Å². The summed E-state index contributed by atoms with van der Waals surface area (Å²) >= 11 is 4.94. The molecule has 0 unspecified atom stereocenters. The molecule has 0 saturated heterocycles. The van der Waals surface area contributed by atoms with Crippen LogP contribution in [0.2, 0.25) is 0 Å². The lowest BCUT2D eigenvalue weighted by atomic mass is 10.0. The number of ether oxygens (including phenoxy) is 1. The molecule has 0 fully saturated rings. The highest BCUT2D eigenvalue weighted by molar-refractivity contribution is 7.80. The highest BCUT2D eigenvalue weighted by atomic mass is 32.1. The van der Waals surface area contributed by atoms with Gasteiger partial charge in [-0.15, -0.1) is 0 Å². The van der Waals surface area contributed by atoms with E-state index in [2.05, 4.69) is 44.6 Å². The maximum Gasteiger partial charge on any atom is 0.237 e. The molecule has 0 heterocycles. The van der Waals surface area contributed by atoms with Crippen LogP contribution in [0.4, 0.5) is 0 Å². The Morgan fingerprint density at radius 2 is 1.74 bits per heavy atom. The Hall–Kier alpha value is -0.590. The molecule has 0 spiro atoms. The zero-order valence-corrected chi connectivity index (χ0v) is 14.0. The number of unbranched alkanes of at least 4 members (excludes halogenated alkanes) is 5. The fourth-order valence-electron chi connectivity index (χ4n) is 1.76. The number of nitrogens with zero attached hydrogens (tertiary/aromatic N) is 1. The van der Waals surface area contributed by atoms with Gasteiger partial charge in [0.05, 0.1) is 12.6 Å². The maximum absolute atomic E-state index is 4.94. The van der Waals surface area contributed by atoms with Crippen molar-refractivity contribution >= 4 is 17.3 Å². The summed E-state index contributed by atoms with van der Waals surface area (Å²) in [6.07, 6.45) is 7.93. The van der Waals surface area contributed by atoms with Gasteiger partial charge in [-0.2, -0.15) is 0 Å². The molecule has 0 saturated carbocycles. The van der Waals surface area contributed by atoms with Crippen molar-refractivity contribution in [2.75, 3.05) is 20.7 Å². The second kappa shape index (κ2) is 10.2. The molecule has 0 aromatic carbocycles. The van der Waals surface area contributed by atoms with Gasteiger partial charge in [0.2, 0.25) is 5.05 Å². The molecule has 0 aliphatic heterocycles. The van der Waals surface area contributed by atoms with Crippen LogP contribution in [0.3, 0.4) is 0 Å². The van der Waals surface area contributed by atoms with Crippen molar-refractivity contribution in [2.45, 2.75) is 64.8 Å². The van der Waals surface area contributed by atoms with Crippen molar-refractivity contribution in [3.05, 3.63) is 0 Å². The second-order valence-electron chi connectivity index (χ2n) is 5.49. The number of methoxy groups -OCH3 is 1. The third-order valence-electron chi connectivity index (χ3n) is 3.46. The van der Waals surface area contributed by atoms with E-state index in [1.165, 1.54) is 38.5 Å². The van der Waals surface area contributed by atoms with Gasteiger partial charge in [0, 0.05) is 0 Å². The largest absolute Gasteiger partial charge is 0.480 e. The number of hydrogen-bond acceptors (Lipinski definition) is 3. The van der Waals surface area contributed by atoms with E-state index in [1.807, 2.05) is 0 Å². The van der Waals surface area contributed by atoms with Crippen molar-refractivity contribution < 1.29 is 4.74 Å². The summed E-state index contributed by atoms with van der Waals surface area (Å²) < 4.78 is 4.90. The van der Waals surface area contributed by atoms with E-state index in [1.54, 1.807) is 7.11 Å². The Morgan fingerprint density at radius 1 is 1.16 bits per heavy atom. The molecule has 0 aromatic rings. The Morgan fingerprint density at radius 3 is 2.32 bits per heavy atom. The lowest BCUT2D eigenvalue weighted by Gasteiger charge is -2.30. The van der Waals surface area contributed by atoms with Gasteiger partial charge >= 0.3 is 0 Å². The molecule has 0 radical (unpaired) electrons. The SMILES string of the molecule is CCCCCCCCN(C)C(C)(C)C#CC(=S)OC. The normalized spacial score (nSPS) is 11.1. The summed E-state index contributed by atoms with van der Waals surface area (Å²) in [6.45, 7) is 7.57. The molecule has 0 aromatic heterocycles. The molecular formula is C16H29NOS. The molecule has 0 atom stereocenters. The first kappa shape index (κ1) is 18.4. The Bertz CT molecular complexity index is 314. The van der Waals surface area contributed by atoms with Gasteiger partial charge < -0.3 is 4.74 Å². The van der Waals surface area contributed by atoms with E-state index in [-0.39, 0.29) is 5.54 Å². The first-order valence-electron chi connectivity index (χ1n) is 7.26. The highest BCUT2D eigenvalue weighted by Crippen LogP contribution is 2.13. The summed E-state index contributed by atoms with van der Waals surface area (Å²) in [6, 6.07) is 0. The summed E-state index contributed by atoms with van der Waals surface area (Å²) in [4.78, 5) is 2.29. The third-order valence-corrected chi connectivity index (χ3v) is 3.73. The predicted molar refractivity (Wildman–Crippen MR) is 87.5 cm³/mol. The molecule has 0 aliphatic rings. The smallest absolute Gasteiger partial charge is 0.237 e. The van der Waals surface area contributed by atoms with Crippen molar-refractivity contribution in [1.82, 2.24) is 4.90 Å². The van der Waals surface area contributed by atoms with Gasteiger partial charge in [0.25, 0.3) is 0 Å². The summed E-state index contributed by atoms with van der Waals surface area (Å²) in [5.74, 6) is 6.07. The summed E-state index contributed by atoms with van der Waals surface area (Å²) in [5.41, 5.74) is -0.161. The quantitative estimate of drug-likeness (QED) is 0.379. The van der Waals surface area contributed by atoms with Crippen molar-refractivity contribution in [1.29, 1.82) is 0 Å². The van der Waals surface area contributed by atoms with Crippen LogP contribution in [0.15, 0.2) is 0 Å². The maximum atomic E-state index is 4.94. The van der Waals surface area contributed by atoms with Crippen LogP contribution in [-0.2, 0) is 4.74 Å². The first-order valence-corrected chi connectivity index (χ1v) is 7.67. The fraction of sp³-hybridized carbons (Fsp3) is 0.812. The van der Waals surface area contributed by atoms with E-state index in [0.29, 0.717) is 5.05 Å². The predicted octanol–water partition coefficient (Wildman–Crippen LogP) is 4.03. The van der Waals surface area contributed by atoms with Gasteiger partial charge in [-0.3, -0.25) is 4.90 Å². The van der Waals surface area contributed by atoms with Crippen molar-refractivity contribution in [3.63, 3.8) is 0 Å². The standard InChI is InChI=1S/C16H29NOS/c1-6-7-8-9-10-11-14-17(4)16(2,3)13-12-15(19)18-5/h6-11,14H2,1-5H3. The lowest BCUT2D eigenvalue weighted by molar-refractivity contribution is 0.209. The van der Waals surface area contributed by atoms with E-state index < -0.39 is 0 Å². The minimum Gasteiger partial charge on any atom is -0.480 e. The van der Waals surface area contributed by atoms with E-state index >= 15 is 0 Å². The van der Waals surface area contributed by atoms with Crippen LogP contribution in [0.1, 0.15) is 59.3 Å². The van der Waals surface area contributed by atoms with Crippen molar-refractivity contribution in [3.8, 4) is 11.8 Å². The topological polar surface area (TPSA) is 12.5 Å². The minimum absolute atomic E-state index is 0.161. The zero-order chi connectivity index (χ0) is 14.7. The number of rotatable bonds is 8. The number of thiocarbonyl (C=S) groups is 1. The van der Waals surface area contributed by atoms with Crippen LogP contribution in [0.5, 0.6) is 0 Å². The molecule has 110 valence electrons. The van der Waals surface area contributed by atoms with Crippen LogP contribution >= 0.6 is 12.2 Å². The van der Waals surface area contributed by atoms with Gasteiger partial charge in [0.15, 0.2) is 0 Å². The lowest BCUT2D eigenvalue weighted by Crippen LogP contribution is -2.40. The average Bonchev–Trinajstić information content (AvgIpc) is 2.39. The van der Waals surface area contributed by atoms with Crippen molar-refractivity contribution in [2.24, 2.45) is 0 Å². The monoisotopic (exact) mass is 283 g/mol. The molecule has 0 amide bonds. The molecule has 0 N–H and O–H groups in total. The molecule has 0 rings (SSSR count). The van der Waals surface area contributed by atoms with Gasteiger partial charge in [-0.25, -0.2) is 0 Å². The molecule has 19 heavy (non-hydrogen) atoms. The average molecular weight is 283 g/mol. The highest BCUT2D eigenvalue weighted by Gasteiger charge is 2.20. The molecule has 3 heteroatoms.